The maximum atomic E-state index is 13.9. The number of rotatable bonds is 10. The van der Waals surface area contributed by atoms with E-state index in [0.717, 1.165) is 17.4 Å². The van der Waals surface area contributed by atoms with Crippen LogP contribution in [0.25, 0.3) is 0 Å². The first kappa shape index (κ1) is 27.4. The fraction of sp³-hybridized carbons (Fsp3) is 0.440. The number of benzene rings is 2. The van der Waals surface area contributed by atoms with Gasteiger partial charge >= 0.3 is 12.1 Å². The number of methoxy groups -OCH3 is 1. The molecule has 1 N–H and O–H groups in total. The van der Waals surface area contributed by atoms with Crippen LogP contribution in [0.5, 0.6) is 11.5 Å². The lowest BCUT2D eigenvalue weighted by Crippen LogP contribution is -2.39. The van der Waals surface area contributed by atoms with Crippen LogP contribution in [0.3, 0.4) is 0 Å². The highest BCUT2D eigenvalue weighted by molar-refractivity contribution is 9.10. The Balaban J connectivity index is 2.05. The van der Waals surface area contributed by atoms with Crippen molar-refractivity contribution in [2.75, 3.05) is 20.3 Å². The molecule has 0 aliphatic heterocycles. The first-order chi connectivity index (χ1) is 15.9. The van der Waals surface area contributed by atoms with Crippen LogP contribution in [-0.2, 0) is 11.3 Å². The van der Waals surface area contributed by atoms with Crippen LogP contribution in [0, 0.1) is 11.7 Å². The van der Waals surface area contributed by atoms with Gasteiger partial charge in [0.15, 0.2) is 0 Å². The summed E-state index contributed by atoms with van der Waals surface area (Å²) in [5, 5.41) is 9.35. The third-order valence-corrected chi connectivity index (χ3v) is 5.45. The molecule has 9 heteroatoms. The number of aromatic carboxylic acids is 1. The highest BCUT2D eigenvalue weighted by Crippen LogP contribution is 2.27. The molecular weight excluding hydrogens is 509 g/mol. The summed E-state index contributed by atoms with van der Waals surface area (Å²) in [6, 6.07) is 9.66. The molecule has 2 rings (SSSR count). The summed E-state index contributed by atoms with van der Waals surface area (Å²) in [6.45, 7) is 8.29. The SMILES string of the molecule is COc1ccc(CN(CC(C)CCOc2cc(F)c(Br)cc2C(=O)O)C(=O)OC(C)(C)C)cc1. The Morgan fingerprint density at radius 2 is 1.82 bits per heavy atom. The predicted octanol–water partition coefficient (Wildman–Crippen LogP) is 6.14. The van der Waals surface area contributed by atoms with Crippen molar-refractivity contribution in [3.8, 4) is 11.5 Å². The van der Waals surface area contributed by atoms with E-state index < -0.39 is 23.5 Å². The van der Waals surface area contributed by atoms with E-state index in [9.17, 15) is 19.1 Å². The number of amides is 1. The Morgan fingerprint density at radius 1 is 1.18 bits per heavy atom. The molecule has 0 heterocycles. The fourth-order valence-electron chi connectivity index (χ4n) is 3.13. The number of carbonyl (C=O) groups is 2. The molecule has 0 spiro atoms. The second kappa shape index (κ2) is 12.1. The van der Waals surface area contributed by atoms with Gasteiger partial charge in [0, 0.05) is 19.2 Å². The van der Waals surface area contributed by atoms with Gasteiger partial charge in [-0.25, -0.2) is 14.0 Å². The zero-order valence-corrected chi connectivity index (χ0v) is 21.6. The van der Waals surface area contributed by atoms with Crippen molar-refractivity contribution >= 4 is 28.0 Å². The van der Waals surface area contributed by atoms with Crippen LogP contribution >= 0.6 is 15.9 Å². The lowest BCUT2D eigenvalue weighted by Gasteiger charge is -2.29. The molecule has 0 saturated heterocycles. The van der Waals surface area contributed by atoms with E-state index in [1.54, 1.807) is 12.0 Å². The highest BCUT2D eigenvalue weighted by Gasteiger charge is 2.24. The zero-order valence-electron chi connectivity index (χ0n) is 20.1. The third-order valence-electron chi connectivity index (χ3n) is 4.84. The van der Waals surface area contributed by atoms with Crippen molar-refractivity contribution in [2.24, 2.45) is 5.92 Å². The van der Waals surface area contributed by atoms with Gasteiger partial charge in [0.1, 0.15) is 28.5 Å². The van der Waals surface area contributed by atoms with Gasteiger partial charge in [-0.05, 0) is 72.8 Å². The van der Waals surface area contributed by atoms with E-state index in [1.165, 1.54) is 6.07 Å². The van der Waals surface area contributed by atoms with Gasteiger partial charge in [-0.3, -0.25) is 0 Å². The second-order valence-electron chi connectivity index (χ2n) is 9.02. The van der Waals surface area contributed by atoms with Gasteiger partial charge in [0.25, 0.3) is 0 Å². The van der Waals surface area contributed by atoms with Crippen LogP contribution in [0.2, 0.25) is 0 Å². The Hall–Kier alpha value is -2.81. The Kier molecular flexibility index (Phi) is 9.73. The first-order valence-electron chi connectivity index (χ1n) is 10.9. The summed E-state index contributed by atoms with van der Waals surface area (Å²) in [4.78, 5) is 25.9. The maximum Gasteiger partial charge on any atom is 0.410 e. The predicted molar refractivity (Wildman–Crippen MR) is 130 cm³/mol. The molecule has 0 aromatic heterocycles. The lowest BCUT2D eigenvalue weighted by atomic mass is 10.1. The number of ether oxygens (including phenoxy) is 3. The van der Waals surface area contributed by atoms with Crippen molar-refractivity contribution in [3.63, 3.8) is 0 Å². The van der Waals surface area contributed by atoms with Gasteiger partial charge in [0.2, 0.25) is 0 Å². The van der Waals surface area contributed by atoms with E-state index in [2.05, 4.69) is 15.9 Å². The number of nitrogens with zero attached hydrogens (tertiary/aromatic N) is 1. The molecule has 1 unspecified atom stereocenters. The molecule has 7 nitrogen and oxygen atoms in total. The number of carbonyl (C=O) groups excluding carboxylic acids is 1. The molecule has 0 aliphatic rings. The highest BCUT2D eigenvalue weighted by atomic mass is 79.9. The molecule has 0 fully saturated rings. The Morgan fingerprint density at radius 3 is 2.38 bits per heavy atom. The Labute approximate surface area is 207 Å². The normalized spacial score (nSPS) is 12.1. The average molecular weight is 540 g/mol. The standard InChI is InChI=1S/C25H31BrFNO6/c1-16(10-11-33-22-13-21(27)20(26)12-19(22)23(29)30)14-28(24(31)34-25(2,3)4)15-17-6-8-18(32-5)9-7-17/h6-9,12-13,16H,10-11,14-15H2,1-5H3,(H,29,30). The summed E-state index contributed by atoms with van der Waals surface area (Å²) in [7, 11) is 1.59. The first-order valence-corrected chi connectivity index (χ1v) is 11.6. The quantitative estimate of drug-likeness (QED) is 0.390. The van der Waals surface area contributed by atoms with Crippen LogP contribution in [0.4, 0.5) is 9.18 Å². The van der Waals surface area contributed by atoms with Crippen molar-refractivity contribution in [3.05, 3.63) is 57.8 Å². The summed E-state index contributed by atoms with van der Waals surface area (Å²) in [6.07, 6.45) is 0.0813. The Bertz CT molecular complexity index is 990. The minimum atomic E-state index is -1.21. The minimum absolute atomic E-state index is 0.000611. The molecule has 2 aromatic rings. The van der Waals surface area contributed by atoms with Crippen LogP contribution in [0.15, 0.2) is 40.9 Å². The summed E-state index contributed by atoms with van der Waals surface area (Å²) >= 11 is 2.99. The van der Waals surface area contributed by atoms with Gasteiger partial charge in [-0.1, -0.05) is 19.1 Å². The largest absolute Gasteiger partial charge is 0.497 e. The molecule has 34 heavy (non-hydrogen) atoms. The van der Waals surface area contributed by atoms with Gasteiger partial charge in [0.05, 0.1) is 18.2 Å². The van der Waals surface area contributed by atoms with E-state index in [1.807, 2.05) is 52.0 Å². The number of hydrogen-bond acceptors (Lipinski definition) is 5. The maximum absolute atomic E-state index is 13.9. The number of halogens is 2. The summed E-state index contributed by atoms with van der Waals surface area (Å²) < 4.78 is 30.3. The van der Waals surface area contributed by atoms with E-state index in [0.29, 0.717) is 19.5 Å². The minimum Gasteiger partial charge on any atom is -0.497 e. The van der Waals surface area contributed by atoms with Crippen LogP contribution in [-0.4, -0.2) is 47.9 Å². The molecule has 0 radical (unpaired) electrons. The van der Waals surface area contributed by atoms with Crippen molar-refractivity contribution < 1.29 is 33.3 Å². The van der Waals surface area contributed by atoms with Crippen molar-refractivity contribution in [2.45, 2.75) is 46.3 Å². The number of hydrogen-bond donors (Lipinski definition) is 1. The summed E-state index contributed by atoms with van der Waals surface area (Å²) in [5.41, 5.74) is 0.155. The molecule has 0 saturated carbocycles. The lowest BCUT2D eigenvalue weighted by molar-refractivity contribution is 0.0200. The molecule has 186 valence electrons. The molecular formula is C25H31BrFNO6. The van der Waals surface area contributed by atoms with Gasteiger partial charge in [-0.2, -0.15) is 0 Å². The molecule has 1 atom stereocenters. The van der Waals surface area contributed by atoms with E-state index >= 15 is 0 Å². The fourth-order valence-corrected chi connectivity index (χ4v) is 3.48. The number of carboxylic acids is 1. The number of carboxylic acid groups (broad SMARTS) is 1. The molecule has 0 aliphatic carbocycles. The second-order valence-corrected chi connectivity index (χ2v) is 9.87. The van der Waals surface area contributed by atoms with Gasteiger partial charge < -0.3 is 24.2 Å². The smallest absolute Gasteiger partial charge is 0.410 e. The van der Waals surface area contributed by atoms with Crippen LogP contribution in [0.1, 0.15) is 50.0 Å². The topological polar surface area (TPSA) is 85.3 Å². The summed E-state index contributed by atoms with van der Waals surface area (Å²) in [5.74, 6) is -1.13. The van der Waals surface area contributed by atoms with Gasteiger partial charge in [-0.15, -0.1) is 0 Å². The third kappa shape index (κ3) is 8.52. The average Bonchev–Trinajstić information content (AvgIpc) is 2.74. The molecule has 2 aromatic carbocycles. The van der Waals surface area contributed by atoms with Crippen molar-refractivity contribution in [1.29, 1.82) is 0 Å². The monoisotopic (exact) mass is 539 g/mol. The van der Waals surface area contributed by atoms with Crippen molar-refractivity contribution in [1.82, 2.24) is 4.90 Å². The zero-order chi connectivity index (χ0) is 25.5. The molecule has 0 bridgehead atoms. The molecule has 1 amide bonds. The van der Waals surface area contributed by atoms with Crippen LogP contribution < -0.4 is 9.47 Å². The van der Waals surface area contributed by atoms with E-state index in [4.69, 9.17) is 14.2 Å². The van der Waals surface area contributed by atoms with E-state index in [-0.39, 0.29) is 28.3 Å².